The van der Waals surface area contributed by atoms with E-state index in [1.54, 1.807) is 24.3 Å². The lowest BCUT2D eigenvalue weighted by molar-refractivity contribution is 0.168. The van der Waals surface area contributed by atoms with Gasteiger partial charge in [-0.15, -0.1) is 0 Å². The first kappa shape index (κ1) is 15.3. The Hall–Kier alpha value is -1.55. The van der Waals surface area contributed by atoms with Crippen LogP contribution in [0, 0.1) is 0 Å². The molecule has 0 saturated carbocycles. The fraction of sp³-hybridized carbons (Fsp3) is 0.333. The molecule has 2 aromatic rings. The minimum absolute atomic E-state index is 0.0679. The van der Waals surface area contributed by atoms with Crippen LogP contribution in [0.4, 0.5) is 0 Å². The van der Waals surface area contributed by atoms with E-state index in [2.05, 4.69) is 5.32 Å². The minimum atomic E-state index is -0.578. The number of hydrogen-bond donors (Lipinski definition) is 2. The molecular formula is C18H19ClNO2. The molecule has 0 aromatic heterocycles. The van der Waals surface area contributed by atoms with Gasteiger partial charge in [0.15, 0.2) is 5.75 Å². The number of aryl methyl sites for hydroxylation is 1. The van der Waals surface area contributed by atoms with Gasteiger partial charge in [-0.1, -0.05) is 29.8 Å². The van der Waals surface area contributed by atoms with Crippen LogP contribution in [0.5, 0.6) is 5.75 Å². The summed E-state index contributed by atoms with van der Waals surface area (Å²) in [5, 5.41) is 25.7. The molecule has 0 saturated heterocycles. The molecule has 3 nitrogen and oxygen atoms in total. The van der Waals surface area contributed by atoms with E-state index >= 15 is 0 Å². The van der Waals surface area contributed by atoms with Gasteiger partial charge < -0.3 is 10.4 Å². The van der Waals surface area contributed by atoms with Crippen molar-refractivity contribution in [1.82, 2.24) is 5.32 Å². The van der Waals surface area contributed by atoms with Crippen LogP contribution >= 0.6 is 11.6 Å². The van der Waals surface area contributed by atoms with Crippen LogP contribution in [0.1, 0.15) is 29.2 Å². The SMILES string of the molecule is [O]c1ccc2c(c1)C[C@@H](NC[C@H](O)c1cccc(Cl)c1)CC2. The topological polar surface area (TPSA) is 52.2 Å². The second-order valence-electron chi connectivity index (χ2n) is 5.85. The molecule has 0 bridgehead atoms. The van der Waals surface area contributed by atoms with E-state index in [4.69, 9.17) is 11.6 Å². The van der Waals surface area contributed by atoms with Gasteiger partial charge in [0, 0.05) is 17.6 Å². The van der Waals surface area contributed by atoms with E-state index in [-0.39, 0.29) is 5.75 Å². The average molecular weight is 317 g/mol. The van der Waals surface area contributed by atoms with Gasteiger partial charge in [-0.25, -0.2) is 0 Å². The second-order valence-corrected chi connectivity index (χ2v) is 6.29. The largest absolute Gasteiger partial charge is 0.387 e. The summed E-state index contributed by atoms with van der Waals surface area (Å²) in [5.74, 6) is 0.0679. The van der Waals surface area contributed by atoms with E-state index in [1.807, 2.05) is 18.2 Å². The average Bonchev–Trinajstić information content (AvgIpc) is 2.52. The monoisotopic (exact) mass is 316 g/mol. The second kappa shape index (κ2) is 6.69. The molecule has 0 unspecified atom stereocenters. The summed E-state index contributed by atoms with van der Waals surface area (Å²) in [6, 6.07) is 12.9. The number of hydrogen-bond acceptors (Lipinski definition) is 2. The molecule has 1 aliphatic rings. The Morgan fingerprint density at radius 2 is 2.09 bits per heavy atom. The molecule has 0 spiro atoms. The van der Waals surface area contributed by atoms with Crippen LogP contribution in [-0.2, 0) is 17.9 Å². The van der Waals surface area contributed by atoms with E-state index < -0.39 is 6.10 Å². The van der Waals surface area contributed by atoms with Crippen LogP contribution in [0.2, 0.25) is 5.02 Å². The van der Waals surface area contributed by atoms with Crippen LogP contribution in [0.15, 0.2) is 42.5 Å². The first-order valence-corrected chi connectivity index (χ1v) is 7.95. The number of aliphatic hydroxyl groups excluding tert-OH is 1. The highest BCUT2D eigenvalue weighted by atomic mass is 35.5. The Morgan fingerprint density at radius 3 is 2.91 bits per heavy atom. The highest BCUT2D eigenvalue weighted by Gasteiger charge is 2.20. The van der Waals surface area contributed by atoms with E-state index in [0.717, 1.165) is 30.4 Å². The third kappa shape index (κ3) is 3.61. The Labute approximate surface area is 135 Å². The van der Waals surface area contributed by atoms with Gasteiger partial charge in [0.25, 0.3) is 0 Å². The van der Waals surface area contributed by atoms with Crippen molar-refractivity contribution in [3.05, 3.63) is 64.2 Å². The first-order chi connectivity index (χ1) is 10.6. The lowest BCUT2D eigenvalue weighted by Crippen LogP contribution is -2.37. The van der Waals surface area contributed by atoms with Gasteiger partial charge in [-0.2, -0.15) is 0 Å². The van der Waals surface area contributed by atoms with Crippen molar-refractivity contribution in [2.24, 2.45) is 0 Å². The molecule has 3 rings (SSSR count). The Morgan fingerprint density at radius 1 is 1.23 bits per heavy atom. The number of nitrogens with one attached hydrogen (secondary N) is 1. The molecule has 1 aliphatic carbocycles. The predicted molar refractivity (Wildman–Crippen MR) is 86.8 cm³/mol. The summed E-state index contributed by atoms with van der Waals surface area (Å²) in [6.45, 7) is 0.484. The van der Waals surface area contributed by atoms with Gasteiger partial charge in [0.05, 0.1) is 6.10 Å². The fourth-order valence-electron chi connectivity index (χ4n) is 3.02. The summed E-state index contributed by atoms with van der Waals surface area (Å²) < 4.78 is 0. The Kier molecular flexibility index (Phi) is 4.67. The van der Waals surface area contributed by atoms with E-state index in [0.29, 0.717) is 17.6 Å². The number of fused-ring (bicyclic) bond motifs is 1. The molecule has 0 fully saturated rings. The number of rotatable bonds is 4. The smallest absolute Gasteiger partial charge is 0.178 e. The van der Waals surface area contributed by atoms with Crippen molar-refractivity contribution in [3.63, 3.8) is 0 Å². The van der Waals surface area contributed by atoms with Gasteiger partial charge in [-0.3, -0.25) is 5.11 Å². The molecule has 1 radical (unpaired) electrons. The lowest BCUT2D eigenvalue weighted by Gasteiger charge is -2.26. The molecule has 2 atom stereocenters. The van der Waals surface area contributed by atoms with Crippen molar-refractivity contribution in [2.75, 3.05) is 6.54 Å². The zero-order chi connectivity index (χ0) is 15.5. The molecule has 4 heteroatoms. The van der Waals surface area contributed by atoms with Crippen LogP contribution in [0.3, 0.4) is 0 Å². The van der Waals surface area contributed by atoms with Crippen LogP contribution < -0.4 is 5.32 Å². The lowest BCUT2D eigenvalue weighted by atomic mass is 9.88. The van der Waals surface area contributed by atoms with Crippen molar-refractivity contribution in [2.45, 2.75) is 31.4 Å². The highest BCUT2D eigenvalue weighted by molar-refractivity contribution is 6.30. The Bertz CT molecular complexity index is 659. The zero-order valence-corrected chi connectivity index (χ0v) is 13.0. The van der Waals surface area contributed by atoms with Gasteiger partial charge in [0.1, 0.15) is 0 Å². The van der Waals surface area contributed by atoms with Crippen LogP contribution in [-0.4, -0.2) is 17.7 Å². The van der Waals surface area contributed by atoms with E-state index in [1.165, 1.54) is 5.56 Å². The summed E-state index contributed by atoms with van der Waals surface area (Å²) >= 11 is 5.95. The molecule has 115 valence electrons. The zero-order valence-electron chi connectivity index (χ0n) is 12.3. The maximum absolute atomic E-state index is 11.5. The third-order valence-corrected chi connectivity index (χ3v) is 4.47. The Balaban J connectivity index is 1.58. The van der Waals surface area contributed by atoms with E-state index in [9.17, 15) is 10.2 Å². The molecule has 22 heavy (non-hydrogen) atoms. The predicted octanol–water partition coefficient (Wildman–Crippen LogP) is 3.66. The number of benzene rings is 2. The van der Waals surface area contributed by atoms with Crippen LogP contribution in [0.25, 0.3) is 0 Å². The van der Waals surface area contributed by atoms with Gasteiger partial charge in [-0.05, 0) is 60.2 Å². The fourth-order valence-corrected chi connectivity index (χ4v) is 3.22. The highest BCUT2D eigenvalue weighted by Crippen LogP contribution is 2.25. The molecule has 0 aliphatic heterocycles. The molecule has 2 N–H and O–H groups in total. The van der Waals surface area contributed by atoms with Crippen molar-refractivity contribution in [3.8, 4) is 5.75 Å². The number of halogens is 1. The van der Waals surface area contributed by atoms with Gasteiger partial charge in [0.2, 0.25) is 0 Å². The van der Waals surface area contributed by atoms with Gasteiger partial charge >= 0.3 is 0 Å². The molecule has 0 amide bonds. The van der Waals surface area contributed by atoms with Crippen molar-refractivity contribution in [1.29, 1.82) is 0 Å². The molecule has 2 aromatic carbocycles. The summed E-state index contributed by atoms with van der Waals surface area (Å²) in [6.07, 6.45) is 2.26. The molecule has 0 heterocycles. The van der Waals surface area contributed by atoms with Crippen molar-refractivity contribution < 1.29 is 10.2 Å². The van der Waals surface area contributed by atoms with Crippen molar-refractivity contribution >= 4 is 11.6 Å². The molecular weight excluding hydrogens is 298 g/mol. The first-order valence-electron chi connectivity index (χ1n) is 7.57. The maximum atomic E-state index is 11.5. The minimum Gasteiger partial charge on any atom is -0.387 e. The summed E-state index contributed by atoms with van der Waals surface area (Å²) in [4.78, 5) is 0. The maximum Gasteiger partial charge on any atom is 0.178 e. The quantitative estimate of drug-likeness (QED) is 0.904. The summed E-state index contributed by atoms with van der Waals surface area (Å²) in [7, 11) is 0. The normalized spacial score (nSPS) is 18.7. The third-order valence-electron chi connectivity index (χ3n) is 4.24. The summed E-state index contributed by atoms with van der Waals surface area (Å²) in [5.41, 5.74) is 3.22. The standard InChI is InChI=1S/C18H19ClNO2/c19-15-3-1-2-13(8-15)18(22)11-20-16-6-4-12-5-7-17(21)10-14(12)9-16/h1-3,5,7-8,10,16,18,20,22H,4,6,9,11H2/t16-,18-/m0/s1. The number of aliphatic hydroxyl groups is 1.